The third kappa shape index (κ3) is 1.31. The molecule has 0 atom stereocenters. The SMILES string of the molecule is CCc1nn(C)c2ccc(Cl)cc12. The first-order valence-electron chi connectivity index (χ1n) is 4.33. The average molecular weight is 195 g/mol. The van der Waals surface area contributed by atoms with Crippen LogP contribution in [0, 0.1) is 0 Å². The lowest BCUT2D eigenvalue weighted by Gasteiger charge is -1.93. The highest BCUT2D eigenvalue weighted by Gasteiger charge is 2.06. The largest absolute Gasteiger partial charge is 0.268 e. The molecule has 2 aromatic rings. The summed E-state index contributed by atoms with van der Waals surface area (Å²) in [5.41, 5.74) is 2.25. The molecule has 0 unspecified atom stereocenters. The van der Waals surface area contributed by atoms with Crippen LogP contribution >= 0.6 is 11.6 Å². The van der Waals surface area contributed by atoms with Crippen LogP contribution in [0.3, 0.4) is 0 Å². The maximum atomic E-state index is 5.92. The standard InChI is InChI=1S/C10H11ClN2/c1-3-9-8-6-7(11)4-5-10(8)13(2)12-9/h4-6H,3H2,1-2H3. The van der Waals surface area contributed by atoms with Gasteiger partial charge in [0.05, 0.1) is 11.2 Å². The van der Waals surface area contributed by atoms with E-state index in [0.717, 1.165) is 28.0 Å². The lowest BCUT2D eigenvalue weighted by Crippen LogP contribution is -1.90. The minimum Gasteiger partial charge on any atom is -0.268 e. The highest BCUT2D eigenvalue weighted by atomic mass is 35.5. The van der Waals surface area contributed by atoms with Crippen molar-refractivity contribution in [2.24, 2.45) is 7.05 Å². The van der Waals surface area contributed by atoms with Gasteiger partial charge in [0.1, 0.15) is 0 Å². The van der Waals surface area contributed by atoms with Gasteiger partial charge in [-0.3, -0.25) is 4.68 Å². The van der Waals surface area contributed by atoms with E-state index in [9.17, 15) is 0 Å². The van der Waals surface area contributed by atoms with Crippen molar-refractivity contribution < 1.29 is 0 Å². The highest BCUT2D eigenvalue weighted by molar-refractivity contribution is 6.31. The molecule has 0 saturated heterocycles. The zero-order valence-corrected chi connectivity index (χ0v) is 8.47. The predicted molar refractivity (Wildman–Crippen MR) is 55.1 cm³/mol. The Hall–Kier alpha value is -1.02. The van der Waals surface area contributed by atoms with Gasteiger partial charge in [-0.2, -0.15) is 5.10 Å². The summed E-state index contributed by atoms with van der Waals surface area (Å²) in [4.78, 5) is 0. The van der Waals surface area contributed by atoms with E-state index in [-0.39, 0.29) is 0 Å². The Kier molecular flexibility index (Phi) is 2.00. The Balaban J connectivity index is 2.81. The van der Waals surface area contributed by atoms with Crippen molar-refractivity contribution in [2.45, 2.75) is 13.3 Å². The Bertz CT molecular complexity index is 445. The first-order valence-corrected chi connectivity index (χ1v) is 4.71. The lowest BCUT2D eigenvalue weighted by atomic mass is 10.2. The molecule has 1 aromatic heterocycles. The highest BCUT2D eigenvalue weighted by Crippen LogP contribution is 2.22. The molecule has 0 spiro atoms. The molecule has 2 nitrogen and oxygen atoms in total. The number of nitrogens with zero attached hydrogens (tertiary/aromatic N) is 2. The van der Waals surface area contributed by atoms with Gasteiger partial charge in [-0.15, -0.1) is 0 Å². The van der Waals surface area contributed by atoms with Gasteiger partial charge in [-0.05, 0) is 24.6 Å². The monoisotopic (exact) mass is 194 g/mol. The van der Waals surface area contributed by atoms with Gasteiger partial charge in [0.2, 0.25) is 0 Å². The summed E-state index contributed by atoms with van der Waals surface area (Å²) in [5, 5.41) is 6.35. The number of aryl methyl sites for hydroxylation is 2. The number of benzene rings is 1. The first kappa shape index (κ1) is 8.57. The maximum absolute atomic E-state index is 5.92. The predicted octanol–water partition coefficient (Wildman–Crippen LogP) is 2.79. The molecule has 68 valence electrons. The Morgan fingerprint density at radius 1 is 1.46 bits per heavy atom. The molecule has 0 aliphatic carbocycles. The van der Waals surface area contributed by atoms with E-state index in [1.807, 2.05) is 29.9 Å². The van der Waals surface area contributed by atoms with E-state index in [4.69, 9.17) is 11.6 Å². The van der Waals surface area contributed by atoms with Crippen molar-refractivity contribution in [3.05, 3.63) is 28.9 Å². The smallest absolute Gasteiger partial charge is 0.0701 e. The van der Waals surface area contributed by atoms with Gasteiger partial charge in [0.15, 0.2) is 0 Å². The number of rotatable bonds is 1. The molecule has 0 amide bonds. The second-order valence-corrected chi connectivity index (χ2v) is 3.52. The molecular formula is C10H11ClN2. The third-order valence-corrected chi connectivity index (χ3v) is 2.46. The molecule has 1 aromatic carbocycles. The van der Waals surface area contributed by atoms with Crippen LogP contribution in [0.1, 0.15) is 12.6 Å². The number of hydrogen-bond donors (Lipinski definition) is 0. The van der Waals surface area contributed by atoms with E-state index in [1.165, 1.54) is 0 Å². The quantitative estimate of drug-likeness (QED) is 0.683. The van der Waals surface area contributed by atoms with Gasteiger partial charge < -0.3 is 0 Å². The van der Waals surface area contributed by atoms with Gasteiger partial charge in [-0.25, -0.2) is 0 Å². The summed E-state index contributed by atoms with van der Waals surface area (Å²) < 4.78 is 1.89. The Morgan fingerprint density at radius 3 is 2.92 bits per heavy atom. The van der Waals surface area contributed by atoms with Gasteiger partial charge in [0.25, 0.3) is 0 Å². The number of fused-ring (bicyclic) bond motifs is 1. The summed E-state index contributed by atoms with van der Waals surface area (Å²) in [6.45, 7) is 2.10. The Labute approximate surface area is 82.1 Å². The fourth-order valence-corrected chi connectivity index (χ4v) is 1.74. The van der Waals surface area contributed by atoms with Crippen molar-refractivity contribution in [3.8, 4) is 0 Å². The van der Waals surface area contributed by atoms with Crippen LogP contribution in [-0.4, -0.2) is 9.78 Å². The number of aromatic nitrogens is 2. The zero-order valence-electron chi connectivity index (χ0n) is 7.71. The molecule has 0 radical (unpaired) electrons. The first-order chi connectivity index (χ1) is 6.22. The lowest BCUT2D eigenvalue weighted by molar-refractivity contribution is 0.770. The van der Waals surface area contributed by atoms with Crippen LogP contribution in [0.5, 0.6) is 0 Å². The molecule has 0 aliphatic rings. The molecule has 1 heterocycles. The van der Waals surface area contributed by atoms with Gasteiger partial charge in [-0.1, -0.05) is 18.5 Å². The van der Waals surface area contributed by atoms with Crippen LogP contribution in [-0.2, 0) is 13.5 Å². The van der Waals surface area contributed by atoms with Crippen molar-refractivity contribution in [2.75, 3.05) is 0 Å². The van der Waals surface area contributed by atoms with Gasteiger partial charge >= 0.3 is 0 Å². The molecular weight excluding hydrogens is 184 g/mol. The fraction of sp³-hybridized carbons (Fsp3) is 0.300. The maximum Gasteiger partial charge on any atom is 0.0701 e. The fourth-order valence-electron chi connectivity index (χ4n) is 1.57. The molecule has 0 bridgehead atoms. The molecule has 0 saturated carbocycles. The normalized spacial score (nSPS) is 11.0. The molecule has 13 heavy (non-hydrogen) atoms. The van der Waals surface area contributed by atoms with Crippen LogP contribution in [0.4, 0.5) is 0 Å². The van der Waals surface area contributed by atoms with Crippen LogP contribution < -0.4 is 0 Å². The van der Waals surface area contributed by atoms with E-state index < -0.39 is 0 Å². The Morgan fingerprint density at radius 2 is 2.23 bits per heavy atom. The van der Waals surface area contributed by atoms with E-state index >= 15 is 0 Å². The van der Waals surface area contributed by atoms with E-state index in [1.54, 1.807) is 0 Å². The van der Waals surface area contributed by atoms with E-state index in [0.29, 0.717) is 0 Å². The minimum absolute atomic E-state index is 0.773. The van der Waals surface area contributed by atoms with Crippen molar-refractivity contribution in [1.82, 2.24) is 9.78 Å². The second-order valence-electron chi connectivity index (χ2n) is 3.09. The van der Waals surface area contributed by atoms with Crippen LogP contribution in [0.15, 0.2) is 18.2 Å². The van der Waals surface area contributed by atoms with Crippen molar-refractivity contribution in [1.29, 1.82) is 0 Å². The summed E-state index contributed by atoms with van der Waals surface area (Å²) >= 11 is 5.92. The molecule has 3 heteroatoms. The average Bonchev–Trinajstić information content (AvgIpc) is 2.42. The molecule has 0 fully saturated rings. The zero-order chi connectivity index (χ0) is 9.42. The molecule has 2 rings (SSSR count). The molecule has 0 aliphatic heterocycles. The van der Waals surface area contributed by atoms with Crippen molar-refractivity contribution >= 4 is 22.5 Å². The summed E-state index contributed by atoms with van der Waals surface area (Å²) in [6, 6.07) is 5.87. The van der Waals surface area contributed by atoms with Gasteiger partial charge in [0, 0.05) is 17.5 Å². The topological polar surface area (TPSA) is 17.8 Å². The second kappa shape index (κ2) is 3.04. The number of halogens is 1. The summed E-state index contributed by atoms with van der Waals surface area (Å²) in [6.07, 6.45) is 0.942. The minimum atomic E-state index is 0.773. The number of hydrogen-bond acceptors (Lipinski definition) is 1. The van der Waals surface area contributed by atoms with Crippen molar-refractivity contribution in [3.63, 3.8) is 0 Å². The molecule has 0 N–H and O–H groups in total. The third-order valence-electron chi connectivity index (χ3n) is 2.22. The van der Waals surface area contributed by atoms with Crippen LogP contribution in [0.25, 0.3) is 10.9 Å². The van der Waals surface area contributed by atoms with Crippen LogP contribution in [0.2, 0.25) is 5.02 Å². The van der Waals surface area contributed by atoms with E-state index in [2.05, 4.69) is 12.0 Å². The summed E-state index contributed by atoms with van der Waals surface area (Å²) in [7, 11) is 1.95. The summed E-state index contributed by atoms with van der Waals surface area (Å²) in [5.74, 6) is 0.